The number of amides is 2. The number of methoxy groups -OCH3 is 2. The molecule has 0 radical (unpaired) electrons. The van der Waals surface area contributed by atoms with Gasteiger partial charge in [0.25, 0.3) is 5.91 Å². The van der Waals surface area contributed by atoms with Crippen LogP contribution >= 0.6 is 0 Å². The zero-order chi connectivity index (χ0) is 18.4. The largest absolute Gasteiger partial charge is 0.493 e. The molecule has 0 heterocycles. The van der Waals surface area contributed by atoms with Gasteiger partial charge in [-0.2, -0.15) is 0 Å². The number of benzene rings is 2. The standard InChI is InChI=1S/C19H22N2O4/c1-12-5-6-14(9-13(12)2)19(23)20-11-18(22)21-15-7-8-16(24-3)17(10-15)25-4/h5-10H,11H2,1-4H3,(H,20,23)(H,21,22). The van der Waals surface area contributed by atoms with Crippen molar-refractivity contribution in [2.24, 2.45) is 0 Å². The van der Waals surface area contributed by atoms with Crippen LogP contribution in [0, 0.1) is 13.8 Å². The summed E-state index contributed by atoms with van der Waals surface area (Å²) in [5.74, 6) is 0.470. The summed E-state index contributed by atoms with van der Waals surface area (Å²) in [6, 6.07) is 10.5. The molecule has 2 N–H and O–H groups in total. The Balaban J connectivity index is 1.94. The van der Waals surface area contributed by atoms with Crippen LogP contribution < -0.4 is 20.1 Å². The maximum absolute atomic E-state index is 12.1. The molecule has 2 aromatic carbocycles. The first-order valence-electron chi connectivity index (χ1n) is 7.82. The van der Waals surface area contributed by atoms with Crippen molar-refractivity contribution in [2.45, 2.75) is 13.8 Å². The second-order valence-corrected chi connectivity index (χ2v) is 5.60. The molecule has 2 amide bonds. The summed E-state index contributed by atoms with van der Waals surface area (Å²) in [5, 5.41) is 5.32. The van der Waals surface area contributed by atoms with E-state index in [2.05, 4.69) is 10.6 Å². The summed E-state index contributed by atoms with van der Waals surface area (Å²) in [5.41, 5.74) is 3.23. The molecule has 0 fully saturated rings. The first-order chi connectivity index (χ1) is 11.9. The van der Waals surface area contributed by atoms with Crippen molar-refractivity contribution < 1.29 is 19.1 Å². The Morgan fingerprint density at radius 2 is 1.64 bits per heavy atom. The van der Waals surface area contributed by atoms with Crippen LogP contribution in [0.5, 0.6) is 11.5 Å². The van der Waals surface area contributed by atoms with E-state index in [1.54, 1.807) is 37.4 Å². The molecule has 2 aromatic rings. The third-order valence-corrected chi connectivity index (χ3v) is 3.85. The lowest BCUT2D eigenvalue weighted by Gasteiger charge is -2.11. The molecule has 0 aliphatic carbocycles. The Morgan fingerprint density at radius 3 is 2.28 bits per heavy atom. The molecule has 132 valence electrons. The molecule has 0 spiro atoms. The van der Waals surface area contributed by atoms with Crippen LogP contribution in [0.2, 0.25) is 0 Å². The van der Waals surface area contributed by atoms with Gasteiger partial charge in [-0.3, -0.25) is 9.59 Å². The smallest absolute Gasteiger partial charge is 0.251 e. The molecule has 0 aromatic heterocycles. The van der Waals surface area contributed by atoms with E-state index in [1.165, 1.54) is 7.11 Å². The van der Waals surface area contributed by atoms with Crippen LogP contribution in [-0.4, -0.2) is 32.6 Å². The van der Waals surface area contributed by atoms with Gasteiger partial charge in [0.05, 0.1) is 20.8 Å². The van der Waals surface area contributed by atoms with Crippen molar-refractivity contribution in [3.63, 3.8) is 0 Å². The Morgan fingerprint density at radius 1 is 0.920 bits per heavy atom. The van der Waals surface area contributed by atoms with Gasteiger partial charge in [-0.1, -0.05) is 6.07 Å². The van der Waals surface area contributed by atoms with Crippen molar-refractivity contribution in [1.82, 2.24) is 5.32 Å². The second-order valence-electron chi connectivity index (χ2n) is 5.60. The number of nitrogens with one attached hydrogen (secondary N) is 2. The van der Waals surface area contributed by atoms with E-state index in [4.69, 9.17) is 9.47 Å². The van der Waals surface area contributed by atoms with E-state index < -0.39 is 0 Å². The van der Waals surface area contributed by atoms with Crippen LogP contribution in [0.25, 0.3) is 0 Å². The predicted molar refractivity (Wildman–Crippen MR) is 96.4 cm³/mol. The number of hydrogen-bond acceptors (Lipinski definition) is 4. The van der Waals surface area contributed by atoms with Crippen LogP contribution in [0.15, 0.2) is 36.4 Å². The van der Waals surface area contributed by atoms with E-state index in [-0.39, 0.29) is 18.4 Å². The van der Waals surface area contributed by atoms with E-state index in [0.29, 0.717) is 22.7 Å². The monoisotopic (exact) mass is 342 g/mol. The molecule has 0 bridgehead atoms. The molecule has 0 saturated heterocycles. The molecule has 0 aliphatic rings. The van der Waals surface area contributed by atoms with Gasteiger partial charge in [0, 0.05) is 17.3 Å². The van der Waals surface area contributed by atoms with Gasteiger partial charge in [0.2, 0.25) is 5.91 Å². The SMILES string of the molecule is COc1ccc(NC(=O)CNC(=O)c2ccc(C)c(C)c2)cc1OC. The number of anilines is 1. The molecule has 2 rings (SSSR count). The average molecular weight is 342 g/mol. The highest BCUT2D eigenvalue weighted by Gasteiger charge is 2.10. The average Bonchev–Trinajstić information content (AvgIpc) is 2.61. The Kier molecular flexibility index (Phi) is 6.00. The zero-order valence-electron chi connectivity index (χ0n) is 14.8. The number of carbonyl (C=O) groups excluding carboxylic acids is 2. The minimum absolute atomic E-state index is 0.125. The van der Waals surface area contributed by atoms with Crippen LogP contribution in [-0.2, 0) is 4.79 Å². The summed E-state index contributed by atoms with van der Waals surface area (Å²) >= 11 is 0. The molecular weight excluding hydrogens is 320 g/mol. The minimum atomic E-state index is -0.329. The fourth-order valence-corrected chi connectivity index (χ4v) is 2.26. The maximum atomic E-state index is 12.1. The highest BCUT2D eigenvalue weighted by atomic mass is 16.5. The second kappa shape index (κ2) is 8.19. The van der Waals surface area contributed by atoms with Gasteiger partial charge < -0.3 is 20.1 Å². The Bertz CT molecular complexity index is 787. The minimum Gasteiger partial charge on any atom is -0.493 e. The fraction of sp³-hybridized carbons (Fsp3) is 0.263. The number of hydrogen-bond donors (Lipinski definition) is 2. The van der Waals surface area contributed by atoms with Gasteiger partial charge in [0.1, 0.15) is 0 Å². The fourth-order valence-electron chi connectivity index (χ4n) is 2.26. The van der Waals surface area contributed by atoms with Crippen LogP contribution in [0.3, 0.4) is 0 Å². The summed E-state index contributed by atoms with van der Waals surface area (Å²) < 4.78 is 10.3. The molecule has 25 heavy (non-hydrogen) atoms. The lowest BCUT2D eigenvalue weighted by Crippen LogP contribution is -2.32. The van der Waals surface area contributed by atoms with Gasteiger partial charge in [-0.15, -0.1) is 0 Å². The van der Waals surface area contributed by atoms with E-state index >= 15 is 0 Å². The molecule has 0 atom stereocenters. The van der Waals surface area contributed by atoms with Crippen molar-refractivity contribution in [1.29, 1.82) is 0 Å². The third-order valence-electron chi connectivity index (χ3n) is 3.85. The topological polar surface area (TPSA) is 76.7 Å². The molecular formula is C19H22N2O4. The van der Waals surface area contributed by atoms with Crippen molar-refractivity contribution in [3.05, 3.63) is 53.1 Å². The van der Waals surface area contributed by atoms with E-state index in [1.807, 2.05) is 19.9 Å². The predicted octanol–water partition coefficient (Wildman–Crippen LogP) is 2.69. The summed E-state index contributed by atoms with van der Waals surface area (Å²) in [6.07, 6.45) is 0. The van der Waals surface area contributed by atoms with Gasteiger partial charge in [-0.25, -0.2) is 0 Å². The van der Waals surface area contributed by atoms with E-state index in [0.717, 1.165) is 11.1 Å². The first-order valence-corrected chi connectivity index (χ1v) is 7.82. The summed E-state index contributed by atoms with van der Waals surface area (Å²) in [6.45, 7) is 3.80. The first kappa shape index (κ1) is 18.3. The highest BCUT2D eigenvalue weighted by Crippen LogP contribution is 2.29. The Hall–Kier alpha value is -3.02. The van der Waals surface area contributed by atoms with Crippen molar-refractivity contribution in [2.75, 3.05) is 26.1 Å². The van der Waals surface area contributed by atoms with Gasteiger partial charge in [0.15, 0.2) is 11.5 Å². The van der Waals surface area contributed by atoms with E-state index in [9.17, 15) is 9.59 Å². The quantitative estimate of drug-likeness (QED) is 0.846. The molecule has 0 saturated carbocycles. The molecule has 0 unspecified atom stereocenters. The maximum Gasteiger partial charge on any atom is 0.251 e. The Labute approximate surface area is 147 Å². The van der Waals surface area contributed by atoms with Gasteiger partial charge in [-0.05, 0) is 49.2 Å². The number of aryl methyl sites for hydroxylation is 2. The zero-order valence-corrected chi connectivity index (χ0v) is 14.8. The third kappa shape index (κ3) is 4.73. The number of ether oxygens (including phenoxy) is 2. The van der Waals surface area contributed by atoms with Crippen molar-refractivity contribution in [3.8, 4) is 11.5 Å². The number of carbonyl (C=O) groups is 2. The highest BCUT2D eigenvalue weighted by molar-refractivity contribution is 5.99. The summed E-state index contributed by atoms with van der Waals surface area (Å²) in [4.78, 5) is 24.1. The molecule has 6 nitrogen and oxygen atoms in total. The van der Waals surface area contributed by atoms with Crippen LogP contribution in [0.4, 0.5) is 5.69 Å². The number of rotatable bonds is 6. The normalized spacial score (nSPS) is 10.1. The molecule has 0 aliphatic heterocycles. The van der Waals surface area contributed by atoms with Crippen molar-refractivity contribution >= 4 is 17.5 Å². The van der Waals surface area contributed by atoms with Crippen LogP contribution in [0.1, 0.15) is 21.5 Å². The molecule has 6 heteroatoms. The lowest BCUT2D eigenvalue weighted by atomic mass is 10.1. The lowest BCUT2D eigenvalue weighted by molar-refractivity contribution is -0.115. The van der Waals surface area contributed by atoms with Gasteiger partial charge >= 0.3 is 0 Å². The summed E-state index contributed by atoms with van der Waals surface area (Å²) in [7, 11) is 3.06.